The summed E-state index contributed by atoms with van der Waals surface area (Å²) < 4.78 is 8.04. The van der Waals surface area contributed by atoms with Crippen LogP contribution in [0.5, 0.6) is 0 Å². The minimum Gasteiger partial charge on any atom is -0.185 e. The van der Waals surface area contributed by atoms with Crippen LogP contribution in [0.2, 0.25) is 0 Å². The van der Waals surface area contributed by atoms with Crippen molar-refractivity contribution in [1.82, 2.24) is 10.5 Å². The van der Waals surface area contributed by atoms with Crippen molar-refractivity contribution >= 4 is 45.7 Å². The Bertz CT molecular complexity index is 914. The molecule has 4 rings (SSSR count). The summed E-state index contributed by atoms with van der Waals surface area (Å²) in [7, 11) is 2.09. The molecule has 3 aromatic rings. The Kier molecular flexibility index (Phi) is 9.00. The second-order valence-corrected chi connectivity index (χ2v) is 11.9. The van der Waals surface area contributed by atoms with Crippen LogP contribution in [0.1, 0.15) is 31.2 Å². The zero-order chi connectivity index (χ0) is 19.9. The Morgan fingerprint density at radius 3 is 2.07 bits per heavy atom. The number of hydrogen-bond acceptors (Lipinski definition) is 1. The molecule has 0 spiro atoms. The van der Waals surface area contributed by atoms with Crippen LogP contribution in [-0.4, -0.2) is 16.5 Å². The van der Waals surface area contributed by atoms with Crippen molar-refractivity contribution in [2.24, 2.45) is 7.05 Å². The molecule has 6 heteroatoms. The maximum Gasteiger partial charge on any atom is 0.0311 e. The van der Waals surface area contributed by atoms with Gasteiger partial charge < -0.3 is 0 Å². The number of nitrogens with zero attached hydrogens (tertiary/aromatic N) is 3. The summed E-state index contributed by atoms with van der Waals surface area (Å²) in [6.45, 7) is 0.894. The largest absolute Gasteiger partial charge is 0.185 e. The van der Waals surface area contributed by atoms with Crippen molar-refractivity contribution in [3.63, 3.8) is 0 Å². The van der Waals surface area contributed by atoms with E-state index in [1.165, 1.54) is 46.3 Å². The van der Waals surface area contributed by atoms with E-state index in [1.54, 1.807) is 0 Å². The van der Waals surface area contributed by atoms with Crippen LogP contribution in [0, 0.1) is 3.80 Å². The second-order valence-electron chi connectivity index (χ2n) is 7.00. The molecule has 0 radical (unpaired) electrons. The smallest absolute Gasteiger partial charge is 0.0311 e. The van der Waals surface area contributed by atoms with Crippen molar-refractivity contribution in [3.05, 3.63) is 76.2 Å². The number of hydrogen-bond donors (Lipinski definition) is 0. The Hall–Kier alpha value is -0.242. The van der Waals surface area contributed by atoms with E-state index in [4.69, 9.17) is 0 Å². The van der Waals surface area contributed by atoms with Crippen molar-refractivity contribution in [3.8, 4) is 11.3 Å². The van der Waals surface area contributed by atoms with Crippen molar-refractivity contribution in [2.75, 3.05) is 0 Å². The topological polar surface area (TPSA) is 13.1 Å². The van der Waals surface area contributed by atoms with Crippen molar-refractivity contribution in [1.29, 1.82) is 0 Å². The molecule has 0 amide bonds. The van der Waals surface area contributed by atoms with E-state index in [2.05, 4.69) is 149 Å². The van der Waals surface area contributed by atoms with Gasteiger partial charge in [0.25, 0.3) is 0 Å². The minimum atomic E-state index is 0.871. The third-order valence-corrected chi connectivity index (χ3v) is 7.93. The van der Waals surface area contributed by atoms with Gasteiger partial charge in [0.05, 0.1) is 0 Å². The summed E-state index contributed by atoms with van der Waals surface area (Å²) in [4.78, 5) is 0. The first-order chi connectivity index (χ1) is 13.6. The van der Waals surface area contributed by atoms with Crippen molar-refractivity contribution in [2.45, 2.75) is 38.3 Å². The first-order valence-corrected chi connectivity index (χ1v) is 12.5. The van der Waals surface area contributed by atoms with Crippen molar-refractivity contribution < 1.29 is 19.4 Å². The van der Waals surface area contributed by atoms with E-state index in [1.807, 2.05) is 0 Å². The van der Waals surface area contributed by atoms with Crippen LogP contribution in [0.4, 0.5) is 0 Å². The molecular weight excluding hydrogens is 755 g/mol. The van der Waals surface area contributed by atoms with E-state index in [9.17, 15) is 0 Å². The Morgan fingerprint density at radius 1 is 0.964 bits per heavy atom. The minimum absolute atomic E-state index is 0.871. The average molecular weight is 780 g/mol. The van der Waals surface area contributed by atoms with Gasteiger partial charge in [-0.1, -0.05) is 12.8 Å². The first kappa shape index (κ1) is 22.4. The monoisotopic (exact) mass is 780 g/mol. The molecule has 2 aromatic carbocycles. The van der Waals surface area contributed by atoms with Crippen LogP contribution in [-0.2, 0) is 32.9 Å². The van der Waals surface area contributed by atoms with Crippen LogP contribution in [0.3, 0.4) is 0 Å². The summed E-state index contributed by atoms with van der Waals surface area (Å²) in [6.07, 6.45) is 7.89. The van der Waals surface area contributed by atoms with Crippen LogP contribution < -0.4 is 0 Å². The number of benzene rings is 2. The van der Waals surface area contributed by atoms with Crippen LogP contribution in [0.25, 0.3) is 11.3 Å². The molecule has 1 aromatic heterocycles. The Balaban J connectivity index is 0.000000236. The van der Waals surface area contributed by atoms with E-state index in [0.29, 0.717) is 0 Å². The van der Waals surface area contributed by atoms with Gasteiger partial charge in [-0.05, 0) is 12.8 Å². The maximum absolute atomic E-state index is 2.39. The molecule has 1 aliphatic rings. The molecule has 0 unspecified atom stereocenters. The molecule has 1 saturated carbocycles. The molecule has 1 fully saturated rings. The van der Waals surface area contributed by atoms with Gasteiger partial charge in [0, 0.05) is 51.8 Å². The average Bonchev–Trinajstić information content (AvgIpc) is 3.35. The fourth-order valence-corrected chi connectivity index (χ4v) is 5.15. The number of rotatable bonds is 4. The molecule has 0 atom stereocenters. The molecule has 152 valence electrons. The standard InChI is InChI=1S/C17H16N2.C5H9I2N.Pt/c1-18-13-17(16-10-6-3-7-11-16)19(14-18)12-15-8-4-2-5-9-15;6-8(7)5-3-1-2-4-5;/h2-11,13H,12H2,1H3;5H,1-4H2;. The van der Waals surface area contributed by atoms with E-state index in [-0.39, 0.29) is 0 Å². The summed E-state index contributed by atoms with van der Waals surface area (Å²) in [6, 6.07) is 22.0. The molecule has 1 aliphatic carbocycles. The number of aromatic nitrogens is 2. The molecule has 1 heterocycles. The van der Waals surface area contributed by atoms with Gasteiger partial charge in [0.2, 0.25) is 0 Å². The molecule has 0 saturated heterocycles. The number of imidazole rings is 1. The van der Waals surface area contributed by atoms with Gasteiger partial charge in [0.1, 0.15) is 0 Å². The predicted octanol–water partition coefficient (Wildman–Crippen LogP) is 6.55. The van der Waals surface area contributed by atoms with Gasteiger partial charge >= 0.3 is 130 Å². The van der Waals surface area contributed by atoms with Gasteiger partial charge in [-0.25, -0.2) is 0 Å². The van der Waals surface area contributed by atoms with Crippen LogP contribution in [0.15, 0.2) is 66.9 Å². The quantitative estimate of drug-likeness (QED) is 0.217. The second kappa shape index (κ2) is 11.2. The fourth-order valence-electron chi connectivity index (χ4n) is 3.44. The van der Waals surface area contributed by atoms with Crippen LogP contribution >= 0.6 is 45.7 Å². The van der Waals surface area contributed by atoms with Gasteiger partial charge in [-0.15, -0.1) is 0 Å². The molecule has 3 nitrogen and oxygen atoms in total. The fraction of sp³-hybridized carbons (Fsp3) is 0.318. The van der Waals surface area contributed by atoms with Gasteiger partial charge in [-0.2, -0.15) is 1.33 Å². The van der Waals surface area contributed by atoms with E-state index in [0.717, 1.165) is 12.6 Å². The molecule has 28 heavy (non-hydrogen) atoms. The molecule has 0 N–H and O–H groups in total. The SMILES string of the molecule is Cn1cc(-c2ccccc2)n(Cc2ccccc2)[c]1=[Pt].IN(I)C1CCCC1. The Morgan fingerprint density at radius 2 is 1.54 bits per heavy atom. The summed E-state index contributed by atoms with van der Waals surface area (Å²) in [5.41, 5.74) is 3.82. The normalized spacial score (nSPS) is 14.2. The molecule has 0 aliphatic heterocycles. The zero-order valence-electron chi connectivity index (χ0n) is 15.9. The number of aryl methyl sites for hydroxylation is 1. The zero-order valence-corrected chi connectivity index (χ0v) is 22.5. The molecule has 0 bridgehead atoms. The Labute approximate surface area is 206 Å². The predicted molar refractivity (Wildman–Crippen MR) is 130 cm³/mol. The third-order valence-electron chi connectivity index (χ3n) is 4.94. The first-order valence-electron chi connectivity index (χ1n) is 9.48. The van der Waals surface area contributed by atoms with E-state index >= 15 is 0 Å². The molecular formula is C22H25I2N3Pt. The summed E-state index contributed by atoms with van der Waals surface area (Å²) in [5.74, 6) is 0. The maximum atomic E-state index is 2.39. The van der Waals surface area contributed by atoms with Gasteiger partial charge in [-0.3, -0.25) is 0 Å². The van der Waals surface area contributed by atoms with E-state index < -0.39 is 0 Å². The summed E-state index contributed by atoms with van der Waals surface area (Å²) >= 11 is 7.12. The number of halogens is 2. The third kappa shape index (κ3) is 6.13. The summed E-state index contributed by atoms with van der Waals surface area (Å²) in [5, 5.41) is 0. The van der Waals surface area contributed by atoms with Gasteiger partial charge in [0.15, 0.2) is 0 Å².